The number of ether oxygens (including phenoxy) is 2. The third-order valence-corrected chi connectivity index (χ3v) is 7.20. The number of piperidine rings is 1. The number of hydrogen-bond acceptors (Lipinski definition) is 7. The highest BCUT2D eigenvalue weighted by Gasteiger charge is 2.38. The Morgan fingerprint density at radius 1 is 1.24 bits per heavy atom. The van der Waals surface area contributed by atoms with E-state index in [4.69, 9.17) is 15.3 Å². The van der Waals surface area contributed by atoms with Crippen molar-refractivity contribution in [2.24, 2.45) is 11.8 Å². The maximum atomic E-state index is 14.6. The number of anilines is 1. The fourth-order valence-corrected chi connectivity index (χ4v) is 5.21. The third kappa shape index (κ3) is 7.51. The average Bonchev–Trinajstić information content (AvgIpc) is 2.93. The average molecular weight is 536 g/mol. The maximum absolute atomic E-state index is 14.6. The number of methoxy groups -OCH3 is 1. The number of nitrogens with two attached hydrogens (primary N) is 1. The minimum absolute atomic E-state index is 0.0959. The fourth-order valence-electron chi connectivity index (χ4n) is 5.21. The number of hydrazine groups is 1. The summed E-state index contributed by atoms with van der Waals surface area (Å²) in [5.74, 6) is 5.54. The Morgan fingerprint density at radius 2 is 1.95 bits per heavy atom. The molecule has 1 aromatic carbocycles. The molecular weight excluding hydrogens is 491 g/mol. The van der Waals surface area contributed by atoms with Crippen LogP contribution in [0.15, 0.2) is 35.7 Å². The van der Waals surface area contributed by atoms with Crippen molar-refractivity contribution in [3.05, 3.63) is 41.5 Å². The van der Waals surface area contributed by atoms with E-state index in [2.05, 4.69) is 11.1 Å². The topological polar surface area (TPSA) is 128 Å². The molecule has 0 spiro atoms. The molecule has 3 rings (SSSR count). The van der Waals surface area contributed by atoms with E-state index in [1.807, 2.05) is 18.7 Å². The molecule has 0 aromatic heterocycles. The van der Waals surface area contributed by atoms with E-state index in [1.165, 1.54) is 11.1 Å². The van der Waals surface area contributed by atoms with Crippen LogP contribution in [-0.2, 0) is 19.1 Å². The zero-order chi connectivity index (χ0) is 27.7. The molecule has 1 aromatic rings. The number of nitrogens with zero attached hydrogens (tertiary/aromatic N) is 3. The Bertz CT molecular complexity index is 969. The minimum atomic E-state index is -0.480. The highest BCUT2D eigenvalue weighted by molar-refractivity contribution is 5.92. The van der Waals surface area contributed by atoms with Gasteiger partial charge in [0, 0.05) is 52.0 Å². The first-order valence-electron chi connectivity index (χ1n) is 13.5. The van der Waals surface area contributed by atoms with Gasteiger partial charge in [-0.3, -0.25) is 14.6 Å². The molecule has 2 aliphatic rings. The molecule has 2 amide bonds. The van der Waals surface area contributed by atoms with Crippen molar-refractivity contribution < 1.29 is 29.2 Å². The van der Waals surface area contributed by atoms with Crippen LogP contribution < -0.4 is 21.9 Å². The predicted molar refractivity (Wildman–Crippen MR) is 143 cm³/mol. The largest absolute Gasteiger partial charge is 0.385 e. The molecule has 212 valence electrons. The first-order valence-corrected chi connectivity index (χ1v) is 13.5. The number of rotatable bonds is 11. The first kappa shape index (κ1) is 30.0. The molecule has 10 nitrogen and oxygen atoms in total. The first-order chi connectivity index (χ1) is 18.3. The van der Waals surface area contributed by atoms with Crippen molar-refractivity contribution in [1.29, 1.82) is 0 Å². The highest BCUT2D eigenvalue weighted by Crippen LogP contribution is 2.26. The van der Waals surface area contributed by atoms with Gasteiger partial charge in [0.15, 0.2) is 0 Å². The molecule has 11 heteroatoms. The van der Waals surface area contributed by atoms with Crippen LogP contribution in [-0.4, -0.2) is 86.8 Å². The zero-order valence-electron chi connectivity index (χ0n) is 23.0. The number of benzene rings is 1. The monoisotopic (exact) mass is 535 g/mol. The normalized spacial score (nSPS) is 20.8. The second-order valence-corrected chi connectivity index (χ2v) is 10.2. The summed E-state index contributed by atoms with van der Waals surface area (Å²) in [6.07, 6.45) is 2.45. The Hall–Kier alpha value is -2.57. The lowest BCUT2D eigenvalue weighted by Gasteiger charge is -2.41. The molecule has 0 unspecified atom stereocenters. The summed E-state index contributed by atoms with van der Waals surface area (Å²) in [5.41, 5.74) is 5.01. The van der Waals surface area contributed by atoms with Crippen LogP contribution in [0.4, 0.5) is 10.1 Å². The Labute approximate surface area is 225 Å². The Morgan fingerprint density at radius 3 is 2.61 bits per heavy atom. The number of carbonyl (C=O) groups is 2. The van der Waals surface area contributed by atoms with Gasteiger partial charge in [-0.05, 0) is 51.7 Å². The Kier molecular flexibility index (Phi) is 11.5. The van der Waals surface area contributed by atoms with Crippen LogP contribution in [0.3, 0.4) is 0 Å². The van der Waals surface area contributed by atoms with Crippen molar-refractivity contribution in [3.63, 3.8) is 0 Å². The van der Waals surface area contributed by atoms with Gasteiger partial charge in [-0.1, -0.05) is 12.1 Å². The highest BCUT2D eigenvalue weighted by atomic mass is 19.1. The van der Waals surface area contributed by atoms with E-state index in [0.717, 1.165) is 6.42 Å². The SMILES string of the molecule is COCCCC/C(=C(/[NH3+])C(=O)N(C(C)C)[C@@H]1CNC[C@H](C(=O)N2CCOCC2)C1)N(N)c1ccccc1F. The van der Waals surface area contributed by atoms with Gasteiger partial charge < -0.3 is 30.3 Å². The van der Waals surface area contributed by atoms with E-state index >= 15 is 0 Å². The number of hydrogen-bond donors (Lipinski definition) is 3. The summed E-state index contributed by atoms with van der Waals surface area (Å²) in [7, 11) is 1.64. The van der Waals surface area contributed by atoms with Crippen LogP contribution in [0.5, 0.6) is 0 Å². The molecule has 2 aliphatic heterocycles. The number of quaternary nitrogens is 1. The number of para-hydroxylation sites is 1. The van der Waals surface area contributed by atoms with Crippen molar-refractivity contribution in [3.8, 4) is 0 Å². The van der Waals surface area contributed by atoms with E-state index in [0.29, 0.717) is 71.0 Å². The number of carbonyl (C=O) groups excluding carboxylic acids is 2. The van der Waals surface area contributed by atoms with E-state index in [1.54, 1.807) is 30.2 Å². The molecule has 2 heterocycles. The smallest absolute Gasteiger partial charge is 0.310 e. The minimum Gasteiger partial charge on any atom is -0.385 e. The van der Waals surface area contributed by atoms with E-state index < -0.39 is 5.82 Å². The van der Waals surface area contributed by atoms with Crippen molar-refractivity contribution >= 4 is 17.5 Å². The van der Waals surface area contributed by atoms with E-state index in [-0.39, 0.29) is 41.2 Å². The molecule has 2 atom stereocenters. The summed E-state index contributed by atoms with van der Waals surface area (Å²) in [6, 6.07) is 5.87. The summed E-state index contributed by atoms with van der Waals surface area (Å²) in [6.45, 7) is 7.91. The van der Waals surface area contributed by atoms with Gasteiger partial charge in [0.2, 0.25) is 11.6 Å². The summed E-state index contributed by atoms with van der Waals surface area (Å²) < 4.78 is 25.2. The number of unbranched alkanes of at least 4 members (excludes halogenated alkanes) is 1. The molecular formula is C27H44FN6O4+. The second-order valence-electron chi connectivity index (χ2n) is 10.2. The van der Waals surface area contributed by atoms with Crippen LogP contribution in [0.2, 0.25) is 0 Å². The molecule has 0 saturated carbocycles. The van der Waals surface area contributed by atoms with Crippen molar-refractivity contribution in [2.75, 3.05) is 58.1 Å². The van der Waals surface area contributed by atoms with Gasteiger partial charge >= 0.3 is 5.91 Å². The number of amides is 2. The standard InChI is InChI=1S/C27H43FN6O4/c1-19(2)33(21-16-20(17-31-18-21)26(35)32-11-14-38-15-12-32)27(36)25(29)24(10-6-7-13-37-3)34(30)23-9-5-4-8-22(23)28/h4-5,8-9,19-21,31H,6-7,10-18,29-30H2,1-3H3/p+1/b25-24-/t20-,21+/m1/s1. The molecule has 6 N–H and O–H groups in total. The quantitative estimate of drug-likeness (QED) is 0.166. The molecule has 0 bridgehead atoms. The zero-order valence-corrected chi connectivity index (χ0v) is 23.0. The van der Waals surface area contributed by atoms with E-state index in [9.17, 15) is 14.0 Å². The fraction of sp³-hybridized carbons (Fsp3) is 0.630. The summed E-state index contributed by atoms with van der Waals surface area (Å²) in [5, 5.41) is 4.60. The number of morpholine rings is 1. The number of halogens is 1. The van der Waals surface area contributed by atoms with Crippen molar-refractivity contribution in [1.82, 2.24) is 15.1 Å². The summed E-state index contributed by atoms with van der Waals surface area (Å²) in [4.78, 5) is 30.8. The molecule has 2 fully saturated rings. The predicted octanol–water partition coefficient (Wildman–Crippen LogP) is 0.850. The number of nitrogens with one attached hydrogen (secondary N) is 1. The van der Waals surface area contributed by atoms with Crippen LogP contribution in [0, 0.1) is 11.7 Å². The molecule has 38 heavy (non-hydrogen) atoms. The van der Waals surface area contributed by atoms with Gasteiger partial charge in [0.1, 0.15) is 11.5 Å². The lowest BCUT2D eigenvalue weighted by Crippen LogP contribution is -2.63. The van der Waals surface area contributed by atoms with Crippen LogP contribution in [0.25, 0.3) is 0 Å². The lowest BCUT2D eigenvalue weighted by molar-refractivity contribution is -0.303. The molecule has 0 radical (unpaired) electrons. The molecule has 0 aliphatic carbocycles. The van der Waals surface area contributed by atoms with Gasteiger partial charge in [-0.2, -0.15) is 0 Å². The van der Waals surface area contributed by atoms with Gasteiger partial charge in [-0.25, -0.2) is 10.2 Å². The van der Waals surface area contributed by atoms with Crippen LogP contribution in [0.1, 0.15) is 39.5 Å². The third-order valence-electron chi connectivity index (χ3n) is 7.20. The van der Waals surface area contributed by atoms with Gasteiger partial charge in [0.25, 0.3) is 0 Å². The second kappa shape index (κ2) is 14.5. The van der Waals surface area contributed by atoms with Crippen LogP contribution >= 0.6 is 0 Å². The summed E-state index contributed by atoms with van der Waals surface area (Å²) >= 11 is 0. The maximum Gasteiger partial charge on any atom is 0.310 e. The molecule has 2 saturated heterocycles. The van der Waals surface area contributed by atoms with Gasteiger partial charge in [-0.15, -0.1) is 0 Å². The lowest BCUT2D eigenvalue weighted by atomic mass is 9.92. The van der Waals surface area contributed by atoms with Crippen molar-refractivity contribution in [2.45, 2.75) is 51.6 Å². The number of allylic oxidation sites excluding steroid dienone is 1. The Balaban J connectivity index is 1.85. The van der Waals surface area contributed by atoms with Gasteiger partial charge in [0.05, 0.1) is 24.8 Å².